The van der Waals surface area contributed by atoms with Crippen molar-refractivity contribution >= 4 is 5.91 Å². The highest BCUT2D eigenvalue weighted by Gasteiger charge is 2.26. The summed E-state index contributed by atoms with van der Waals surface area (Å²) < 4.78 is 13.8. The Kier molecular flexibility index (Phi) is 5.16. The molecular weight excluding hydrogens is 343 g/mol. The van der Waals surface area contributed by atoms with Crippen LogP contribution in [-0.4, -0.2) is 52.4 Å². The molecule has 1 aromatic heterocycles. The molecule has 2 aromatic rings. The first-order chi connectivity index (χ1) is 13.1. The van der Waals surface area contributed by atoms with E-state index in [1.807, 2.05) is 6.20 Å². The quantitative estimate of drug-likeness (QED) is 0.836. The Morgan fingerprint density at radius 3 is 2.96 bits per heavy atom. The topological polar surface area (TPSA) is 49.3 Å². The number of carbonyl (C=O) groups excluding carboxylic acids is 1. The second-order valence-corrected chi connectivity index (χ2v) is 7.64. The number of likely N-dealkylation sites (tertiary alicyclic amines) is 1. The molecule has 1 fully saturated rings. The molecule has 0 N–H and O–H groups in total. The Bertz CT molecular complexity index is 841. The second kappa shape index (κ2) is 7.72. The highest BCUT2D eigenvalue weighted by Crippen LogP contribution is 2.26. The average Bonchev–Trinajstić information content (AvgIpc) is 2.69. The third-order valence-corrected chi connectivity index (χ3v) is 5.59. The summed E-state index contributed by atoms with van der Waals surface area (Å²) in [5.74, 6) is 0.957. The number of piperidine rings is 1. The molecule has 2 aliphatic rings. The maximum atomic E-state index is 13.8. The highest BCUT2D eigenvalue weighted by molar-refractivity contribution is 5.79. The van der Waals surface area contributed by atoms with E-state index in [2.05, 4.69) is 16.9 Å². The number of nitrogens with zero attached hydrogens (tertiary/aromatic N) is 4. The summed E-state index contributed by atoms with van der Waals surface area (Å²) in [5, 5.41) is 0. The molecule has 3 heterocycles. The van der Waals surface area contributed by atoms with Gasteiger partial charge in [0.15, 0.2) is 0 Å². The van der Waals surface area contributed by atoms with Gasteiger partial charge in [-0.15, -0.1) is 0 Å². The van der Waals surface area contributed by atoms with Crippen molar-refractivity contribution in [1.82, 2.24) is 19.8 Å². The van der Waals surface area contributed by atoms with Gasteiger partial charge >= 0.3 is 0 Å². The molecule has 27 heavy (non-hydrogen) atoms. The molecule has 0 spiro atoms. The zero-order valence-electron chi connectivity index (χ0n) is 15.7. The largest absolute Gasteiger partial charge is 0.338 e. The van der Waals surface area contributed by atoms with Crippen LogP contribution in [0.2, 0.25) is 0 Å². The van der Waals surface area contributed by atoms with Crippen LogP contribution in [0, 0.1) is 5.82 Å². The highest BCUT2D eigenvalue weighted by atomic mass is 19.1. The van der Waals surface area contributed by atoms with Crippen LogP contribution in [0.15, 0.2) is 30.5 Å². The molecule has 1 unspecified atom stereocenters. The fourth-order valence-electron chi connectivity index (χ4n) is 4.03. The molecule has 142 valence electrons. The molecule has 4 rings (SSSR count). The lowest BCUT2D eigenvalue weighted by molar-refractivity contribution is -0.131. The normalized spacial score (nSPS) is 20.4. The van der Waals surface area contributed by atoms with Crippen LogP contribution in [0.4, 0.5) is 4.39 Å². The standard InChI is InChI=1S/C21H25FN4O/c1-25-9-4-6-16(13-25)21-23-12-17-14-26(10-8-19(17)24-21)20(27)11-15-5-2-3-7-18(15)22/h2-3,5,7,12,16H,4,6,8-11,13-14H2,1H3. The Labute approximate surface area is 159 Å². The van der Waals surface area contributed by atoms with E-state index >= 15 is 0 Å². The van der Waals surface area contributed by atoms with Gasteiger partial charge in [0.05, 0.1) is 12.1 Å². The van der Waals surface area contributed by atoms with Crippen LogP contribution in [0.5, 0.6) is 0 Å². The minimum atomic E-state index is -0.325. The van der Waals surface area contributed by atoms with Crippen LogP contribution in [0.3, 0.4) is 0 Å². The van der Waals surface area contributed by atoms with Crippen molar-refractivity contribution < 1.29 is 9.18 Å². The van der Waals surface area contributed by atoms with Crippen molar-refractivity contribution in [2.45, 2.75) is 38.1 Å². The van der Waals surface area contributed by atoms with Gasteiger partial charge in [-0.1, -0.05) is 18.2 Å². The van der Waals surface area contributed by atoms with Gasteiger partial charge in [0, 0.05) is 43.7 Å². The van der Waals surface area contributed by atoms with Crippen molar-refractivity contribution in [3.8, 4) is 0 Å². The van der Waals surface area contributed by atoms with E-state index in [9.17, 15) is 9.18 Å². The summed E-state index contributed by atoms with van der Waals surface area (Å²) in [7, 11) is 2.14. The first kappa shape index (κ1) is 18.0. The fraction of sp³-hybridized carbons (Fsp3) is 0.476. The first-order valence-electron chi connectivity index (χ1n) is 9.64. The van der Waals surface area contributed by atoms with Gasteiger partial charge in [-0.25, -0.2) is 14.4 Å². The number of aromatic nitrogens is 2. The summed E-state index contributed by atoms with van der Waals surface area (Å²) in [4.78, 5) is 26.1. The van der Waals surface area contributed by atoms with E-state index in [0.29, 0.717) is 24.6 Å². The summed E-state index contributed by atoms with van der Waals surface area (Å²) in [6.07, 6.45) is 5.02. The Balaban J connectivity index is 1.44. The second-order valence-electron chi connectivity index (χ2n) is 7.64. The number of amides is 1. The predicted octanol–water partition coefficient (Wildman–Crippen LogP) is 2.55. The Morgan fingerprint density at radius 2 is 2.15 bits per heavy atom. The maximum Gasteiger partial charge on any atom is 0.227 e. The van der Waals surface area contributed by atoms with Crippen LogP contribution in [0.1, 0.15) is 41.4 Å². The van der Waals surface area contributed by atoms with Gasteiger partial charge in [-0.3, -0.25) is 4.79 Å². The molecule has 0 aliphatic carbocycles. The lowest BCUT2D eigenvalue weighted by atomic mass is 9.97. The summed E-state index contributed by atoms with van der Waals surface area (Å²) >= 11 is 0. The summed E-state index contributed by atoms with van der Waals surface area (Å²) in [6.45, 7) is 3.28. The molecule has 0 bridgehead atoms. The molecule has 6 heteroatoms. The van der Waals surface area contributed by atoms with E-state index in [1.54, 1.807) is 23.1 Å². The Morgan fingerprint density at radius 1 is 1.30 bits per heavy atom. The molecule has 0 radical (unpaired) electrons. The van der Waals surface area contributed by atoms with E-state index < -0.39 is 0 Å². The SMILES string of the molecule is CN1CCCC(c2ncc3c(n2)CCN(C(=O)Cc2ccccc2F)C3)C1. The third-order valence-electron chi connectivity index (χ3n) is 5.59. The van der Waals surface area contributed by atoms with Gasteiger partial charge < -0.3 is 9.80 Å². The fourth-order valence-corrected chi connectivity index (χ4v) is 4.03. The minimum Gasteiger partial charge on any atom is -0.338 e. The smallest absolute Gasteiger partial charge is 0.227 e. The van der Waals surface area contributed by atoms with Gasteiger partial charge in [0.2, 0.25) is 5.91 Å². The van der Waals surface area contributed by atoms with Gasteiger partial charge in [0.1, 0.15) is 11.6 Å². The summed E-state index contributed by atoms with van der Waals surface area (Å²) in [5.41, 5.74) is 2.51. The van der Waals surface area contributed by atoms with Crippen molar-refractivity contribution in [2.24, 2.45) is 0 Å². The number of fused-ring (bicyclic) bond motifs is 1. The predicted molar refractivity (Wildman–Crippen MR) is 101 cm³/mol. The zero-order valence-corrected chi connectivity index (χ0v) is 15.7. The van der Waals surface area contributed by atoms with E-state index in [0.717, 1.165) is 43.0 Å². The van der Waals surface area contributed by atoms with Crippen LogP contribution < -0.4 is 0 Å². The van der Waals surface area contributed by atoms with Crippen molar-refractivity contribution in [3.63, 3.8) is 0 Å². The monoisotopic (exact) mass is 368 g/mol. The first-order valence-corrected chi connectivity index (χ1v) is 9.64. The van der Waals surface area contributed by atoms with Gasteiger partial charge in [-0.2, -0.15) is 0 Å². The number of halogens is 1. The molecule has 1 amide bonds. The lowest BCUT2D eigenvalue weighted by Gasteiger charge is -2.31. The van der Waals surface area contributed by atoms with E-state index in [-0.39, 0.29) is 18.1 Å². The van der Waals surface area contributed by atoms with Crippen LogP contribution in [-0.2, 0) is 24.2 Å². The zero-order chi connectivity index (χ0) is 18.8. The van der Waals surface area contributed by atoms with Gasteiger partial charge in [0.25, 0.3) is 0 Å². The van der Waals surface area contributed by atoms with Crippen LogP contribution in [0.25, 0.3) is 0 Å². The van der Waals surface area contributed by atoms with Crippen molar-refractivity contribution in [1.29, 1.82) is 0 Å². The third kappa shape index (κ3) is 4.00. The molecule has 5 nitrogen and oxygen atoms in total. The van der Waals surface area contributed by atoms with E-state index in [4.69, 9.17) is 4.98 Å². The van der Waals surface area contributed by atoms with Crippen molar-refractivity contribution in [2.75, 3.05) is 26.7 Å². The number of benzene rings is 1. The minimum absolute atomic E-state index is 0.0521. The average molecular weight is 368 g/mol. The summed E-state index contributed by atoms with van der Waals surface area (Å²) in [6, 6.07) is 6.46. The number of likely N-dealkylation sites (N-methyl/N-ethyl adjacent to an activating group) is 1. The molecule has 0 saturated carbocycles. The number of rotatable bonds is 3. The van der Waals surface area contributed by atoms with E-state index in [1.165, 1.54) is 12.5 Å². The molecular formula is C21H25FN4O. The van der Waals surface area contributed by atoms with Gasteiger partial charge in [-0.05, 0) is 38.1 Å². The number of hydrogen-bond acceptors (Lipinski definition) is 4. The number of carbonyl (C=O) groups is 1. The molecule has 2 aliphatic heterocycles. The lowest BCUT2D eigenvalue weighted by Crippen LogP contribution is -2.38. The number of hydrogen-bond donors (Lipinski definition) is 0. The molecule has 1 aromatic carbocycles. The van der Waals surface area contributed by atoms with Crippen LogP contribution >= 0.6 is 0 Å². The molecule has 1 atom stereocenters. The molecule has 1 saturated heterocycles. The Hall–Kier alpha value is -2.34. The maximum absolute atomic E-state index is 13.8. The van der Waals surface area contributed by atoms with Crippen molar-refractivity contribution in [3.05, 3.63) is 58.9 Å².